The Hall–Kier alpha value is -2.11. The fourth-order valence-electron chi connectivity index (χ4n) is 3.73. The first-order chi connectivity index (χ1) is 10.8. The summed E-state index contributed by atoms with van der Waals surface area (Å²) < 4.78 is 0. The Kier molecular flexibility index (Phi) is 4.27. The summed E-state index contributed by atoms with van der Waals surface area (Å²) in [6, 6.07) is 23.3. The van der Waals surface area contributed by atoms with Crippen molar-refractivity contribution in [2.75, 3.05) is 19.6 Å². The minimum atomic E-state index is -0.549. The predicted molar refractivity (Wildman–Crippen MR) is 89.5 cm³/mol. The molecule has 112 valence electrons. The van der Waals surface area contributed by atoms with Crippen molar-refractivity contribution in [1.82, 2.24) is 4.90 Å². The van der Waals surface area contributed by atoms with Crippen molar-refractivity contribution >= 4 is 0 Å². The number of benzene rings is 2. The molecule has 2 heteroatoms. The van der Waals surface area contributed by atoms with Crippen molar-refractivity contribution in [2.24, 2.45) is 5.92 Å². The van der Waals surface area contributed by atoms with E-state index in [9.17, 15) is 5.26 Å². The molecule has 0 spiro atoms. The third-order valence-corrected chi connectivity index (χ3v) is 4.97. The van der Waals surface area contributed by atoms with Crippen LogP contribution in [-0.4, -0.2) is 24.5 Å². The van der Waals surface area contributed by atoms with E-state index in [0.29, 0.717) is 5.92 Å². The lowest BCUT2D eigenvalue weighted by Crippen LogP contribution is -2.37. The van der Waals surface area contributed by atoms with Crippen LogP contribution in [0, 0.1) is 17.2 Å². The second-order valence-corrected chi connectivity index (χ2v) is 6.03. The topological polar surface area (TPSA) is 27.0 Å². The summed E-state index contributed by atoms with van der Waals surface area (Å²) in [5.74, 6) is 0.335. The summed E-state index contributed by atoms with van der Waals surface area (Å²) >= 11 is 0. The maximum Gasteiger partial charge on any atom is 0.111 e. The molecule has 3 rings (SSSR count). The number of likely N-dealkylation sites (tertiary alicyclic amines) is 1. The van der Waals surface area contributed by atoms with Gasteiger partial charge in [0.15, 0.2) is 0 Å². The lowest BCUT2D eigenvalue weighted by molar-refractivity contribution is 0.319. The SMILES string of the molecule is CCN1CCC(C(C#N)(c2ccccc2)c2ccccc2)C1. The zero-order valence-corrected chi connectivity index (χ0v) is 13.1. The van der Waals surface area contributed by atoms with Gasteiger partial charge in [0.2, 0.25) is 0 Å². The van der Waals surface area contributed by atoms with E-state index in [1.165, 1.54) is 0 Å². The summed E-state index contributed by atoms with van der Waals surface area (Å²) in [4.78, 5) is 2.45. The second-order valence-electron chi connectivity index (χ2n) is 6.03. The fourth-order valence-corrected chi connectivity index (χ4v) is 3.73. The van der Waals surface area contributed by atoms with Gasteiger partial charge >= 0.3 is 0 Å². The third kappa shape index (κ3) is 2.42. The average molecular weight is 290 g/mol. The molecule has 2 aromatic rings. The standard InChI is InChI=1S/C20H22N2/c1-2-22-14-13-19(15-22)20(16-21,17-9-5-3-6-10-17)18-11-7-4-8-12-18/h3-12,19H,2,13-15H2,1H3. The maximum atomic E-state index is 10.2. The Bertz CT molecular complexity index is 603. The van der Waals surface area contributed by atoms with E-state index in [2.05, 4.69) is 42.2 Å². The van der Waals surface area contributed by atoms with E-state index in [1.54, 1.807) is 0 Å². The van der Waals surface area contributed by atoms with Crippen molar-refractivity contribution in [3.05, 3.63) is 71.8 Å². The quantitative estimate of drug-likeness (QED) is 0.855. The average Bonchev–Trinajstić information content (AvgIpc) is 3.08. The molecule has 1 aliphatic heterocycles. The number of rotatable bonds is 4. The van der Waals surface area contributed by atoms with Gasteiger partial charge in [-0.05, 0) is 36.6 Å². The number of nitriles is 1. The largest absolute Gasteiger partial charge is 0.303 e. The molecule has 0 amide bonds. The van der Waals surface area contributed by atoms with Gasteiger partial charge in [-0.1, -0.05) is 67.6 Å². The van der Waals surface area contributed by atoms with Crippen molar-refractivity contribution in [3.63, 3.8) is 0 Å². The molecule has 0 N–H and O–H groups in total. The van der Waals surface area contributed by atoms with Gasteiger partial charge in [0.05, 0.1) is 6.07 Å². The second kappa shape index (κ2) is 6.34. The first-order valence-electron chi connectivity index (χ1n) is 8.06. The van der Waals surface area contributed by atoms with Crippen molar-refractivity contribution in [2.45, 2.75) is 18.8 Å². The van der Waals surface area contributed by atoms with Crippen molar-refractivity contribution in [3.8, 4) is 6.07 Å². The van der Waals surface area contributed by atoms with Crippen molar-refractivity contribution < 1.29 is 0 Å². The first kappa shape index (κ1) is 14.8. The Labute approximate surface area is 133 Å². The Balaban J connectivity index is 2.12. The molecule has 0 aromatic heterocycles. The van der Waals surface area contributed by atoms with Crippen LogP contribution in [0.25, 0.3) is 0 Å². The molecular weight excluding hydrogens is 268 g/mol. The summed E-state index contributed by atoms with van der Waals surface area (Å²) in [5.41, 5.74) is 1.69. The normalized spacial score (nSPS) is 19.0. The highest BCUT2D eigenvalue weighted by atomic mass is 15.1. The smallest absolute Gasteiger partial charge is 0.111 e. The molecule has 1 unspecified atom stereocenters. The highest BCUT2D eigenvalue weighted by Gasteiger charge is 2.45. The number of hydrogen-bond acceptors (Lipinski definition) is 2. The van der Waals surface area contributed by atoms with Crippen LogP contribution >= 0.6 is 0 Å². The molecular formula is C20H22N2. The van der Waals surface area contributed by atoms with E-state index >= 15 is 0 Å². The summed E-state index contributed by atoms with van der Waals surface area (Å²) in [6.07, 6.45) is 1.07. The highest BCUT2D eigenvalue weighted by molar-refractivity contribution is 5.47. The molecule has 1 atom stereocenters. The van der Waals surface area contributed by atoms with Crippen LogP contribution in [0.5, 0.6) is 0 Å². The van der Waals surface area contributed by atoms with Gasteiger partial charge in [0.1, 0.15) is 5.41 Å². The minimum absolute atomic E-state index is 0.335. The van der Waals surface area contributed by atoms with E-state index in [1.807, 2.05) is 36.4 Å². The van der Waals surface area contributed by atoms with Gasteiger partial charge in [0.25, 0.3) is 0 Å². The lowest BCUT2D eigenvalue weighted by Gasteiger charge is -2.34. The van der Waals surface area contributed by atoms with E-state index < -0.39 is 5.41 Å². The molecule has 1 fully saturated rings. The molecule has 1 aliphatic rings. The predicted octanol–water partition coefficient (Wildman–Crippen LogP) is 3.84. The molecule has 22 heavy (non-hydrogen) atoms. The van der Waals surface area contributed by atoms with Gasteiger partial charge in [0, 0.05) is 6.54 Å². The van der Waals surface area contributed by atoms with Crippen LogP contribution in [0.4, 0.5) is 0 Å². The number of hydrogen-bond donors (Lipinski definition) is 0. The van der Waals surface area contributed by atoms with Gasteiger partial charge < -0.3 is 4.90 Å². The molecule has 2 nitrogen and oxygen atoms in total. The van der Waals surface area contributed by atoms with E-state index in [-0.39, 0.29) is 0 Å². The molecule has 1 saturated heterocycles. The summed E-state index contributed by atoms with van der Waals surface area (Å²) in [7, 11) is 0. The zero-order chi connectivity index (χ0) is 15.4. The van der Waals surface area contributed by atoms with Gasteiger partial charge in [-0.15, -0.1) is 0 Å². The van der Waals surface area contributed by atoms with Crippen LogP contribution in [-0.2, 0) is 5.41 Å². The Morgan fingerprint density at radius 1 is 1.05 bits per heavy atom. The van der Waals surface area contributed by atoms with Crippen LogP contribution in [0.2, 0.25) is 0 Å². The molecule has 0 radical (unpaired) electrons. The van der Waals surface area contributed by atoms with E-state index in [4.69, 9.17) is 0 Å². The molecule has 0 saturated carbocycles. The molecule has 0 aliphatic carbocycles. The monoisotopic (exact) mass is 290 g/mol. The van der Waals surface area contributed by atoms with Gasteiger partial charge in [-0.3, -0.25) is 0 Å². The third-order valence-electron chi connectivity index (χ3n) is 4.97. The lowest BCUT2D eigenvalue weighted by atomic mass is 9.66. The Morgan fingerprint density at radius 3 is 2.00 bits per heavy atom. The molecule has 1 heterocycles. The maximum absolute atomic E-state index is 10.2. The minimum Gasteiger partial charge on any atom is -0.303 e. The van der Waals surface area contributed by atoms with Gasteiger partial charge in [-0.2, -0.15) is 5.26 Å². The van der Waals surface area contributed by atoms with Crippen LogP contribution in [0.15, 0.2) is 60.7 Å². The first-order valence-corrected chi connectivity index (χ1v) is 8.06. The summed E-state index contributed by atoms with van der Waals surface area (Å²) in [5, 5.41) is 10.2. The fraction of sp³-hybridized carbons (Fsp3) is 0.350. The van der Waals surface area contributed by atoms with Crippen LogP contribution in [0.3, 0.4) is 0 Å². The van der Waals surface area contributed by atoms with Crippen molar-refractivity contribution in [1.29, 1.82) is 5.26 Å². The van der Waals surface area contributed by atoms with Crippen LogP contribution < -0.4 is 0 Å². The van der Waals surface area contributed by atoms with Gasteiger partial charge in [-0.25, -0.2) is 0 Å². The highest BCUT2D eigenvalue weighted by Crippen LogP contribution is 2.43. The summed E-state index contributed by atoms with van der Waals surface area (Å²) in [6.45, 7) is 5.33. The molecule has 0 bridgehead atoms. The van der Waals surface area contributed by atoms with Crippen LogP contribution in [0.1, 0.15) is 24.5 Å². The Morgan fingerprint density at radius 2 is 1.59 bits per heavy atom. The zero-order valence-electron chi connectivity index (χ0n) is 13.1. The number of nitrogens with zero attached hydrogens (tertiary/aromatic N) is 2. The van der Waals surface area contributed by atoms with E-state index in [0.717, 1.165) is 37.2 Å². The molecule has 2 aromatic carbocycles.